The fourth-order valence-corrected chi connectivity index (χ4v) is 5.60. The van der Waals surface area contributed by atoms with Crippen molar-refractivity contribution in [2.45, 2.75) is 45.8 Å². The van der Waals surface area contributed by atoms with E-state index >= 15 is 0 Å². The summed E-state index contributed by atoms with van der Waals surface area (Å²) in [5, 5.41) is 0.515. The van der Waals surface area contributed by atoms with E-state index in [1.165, 1.54) is 0 Å². The van der Waals surface area contributed by atoms with Gasteiger partial charge in [0.1, 0.15) is 0 Å². The number of rotatable bonds is 6. The van der Waals surface area contributed by atoms with E-state index in [1.807, 2.05) is 50.5 Å². The first-order valence-electron chi connectivity index (χ1n) is 10.4. The summed E-state index contributed by atoms with van der Waals surface area (Å²) in [6.45, 7) is 10.2. The molecular weight excluding hydrogens is 428 g/mol. The summed E-state index contributed by atoms with van der Waals surface area (Å²) in [7, 11) is -3.16. The number of pyridine rings is 2. The minimum absolute atomic E-state index is 0.00390. The summed E-state index contributed by atoms with van der Waals surface area (Å²) in [6.07, 6.45) is 5.42. The third kappa shape index (κ3) is 6.14. The Bertz CT molecular complexity index is 1180. The normalized spacial score (nSPS) is 12.4. The summed E-state index contributed by atoms with van der Waals surface area (Å²) in [5.41, 5.74) is 5.39. The molecule has 6 heteroatoms. The van der Waals surface area contributed by atoms with Crippen molar-refractivity contribution in [2.75, 3.05) is 5.75 Å². The van der Waals surface area contributed by atoms with Crippen molar-refractivity contribution >= 4 is 21.4 Å². The van der Waals surface area contributed by atoms with Gasteiger partial charge in [0.2, 0.25) is 0 Å². The molecule has 2 heterocycles. The first kappa shape index (κ1) is 23.4. The first-order valence-corrected chi connectivity index (χ1v) is 12.6. The van der Waals surface area contributed by atoms with Gasteiger partial charge in [-0.3, -0.25) is 9.97 Å². The van der Waals surface area contributed by atoms with Gasteiger partial charge in [0, 0.05) is 51.4 Å². The van der Waals surface area contributed by atoms with Crippen LogP contribution in [0.3, 0.4) is 0 Å². The standard InChI is InChI=1S/C25H29ClN2O2S/c1-17(2)15-31(29,30)16-18-6-7-22(23(26)10-18)21-11-20(13-27-14-21)19-8-9-28-24(12-19)25(3,4)5/h6-14,17H,15-16H2,1-5H3. The van der Waals surface area contributed by atoms with Crippen LogP contribution in [0.1, 0.15) is 45.9 Å². The Morgan fingerprint density at radius 3 is 2.32 bits per heavy atom. The van der Waals surface area contributed by atoms with Crippen molar-refractivity contribution in [3.8, 4) is 22.3 Å². The molecule has 31 heavy (non-hydrogen) atoms. The number of hydrogen-bond acceptors (Lipinski definition) is 4. The van der Waals surface area contributed by atoms with Gasteiger partial charge in [-0.25, -0.2) is 8.42 Å². The third-order valence-corrected chi connectivity index (χ3v) is 7.18. The minimum Gasteiger partial charge on any atom is -0.263 e. The van der Waals surface area contributed by atoms with Gasteiger partial charge in [-0.05, 0) is 41.3 Å². The molecular formula is C25H29ClN2O2S. The van der Waals surface area contributed by atoms with Crippen LogP contribution >= 0.6 is 11.6 Å². The Hall–Kier alpha value is -2.24. The van der Waals surface area contributed by atoms with E-state index in [4.69, 9.17) is 11.6 Å². The summed E-state index contributed by atoms with van der Waals surface area (Å²) in [4.78, 5) is 8.91. The van der Waals surface area contributed by atoms with Gasteiger partial charge >= 0.3 is 0 Å². The molecule has 0 atom stereocenters. The van der Waals surface area contributed by atoms with Crippen LogP contribution in [0.2, 0.25) is 5.02 Å². The quantitative estimate of drug-likeness (QED) is 0.434. The lowest BCUT2D eigenvalue weighted by molar-refractivity contribution is 0.569. The molecule has 2 aromatic heterocycles. The smallest absolute Gasteiger partial charge is 0.154 e. The van der Waals surface area contributed by atoms with Gasteiger partial charge < -0.3 is 0 Å². The molecule has 1 aromatic carbocycles. The predicted molar refractivity (Wildman–Crippen MR) is 129 cm³/mol. The average Bonchev–Trinajstić information content (AvgIpc) is 2.66. The highest BCUT2D eigenvalue weighted by Gasteiger charge is 2.17. The second kappa shape index (κ2) is 9.09. The van der Waals surface area contributed by atoms with Gasteiger partial charge in [0.05, 0.1) is 11.5 Å². The fraction of sp³-hybridized carbons (Fsp3) is 0.360. The lowest BCUT2D eigenvalue weighted by atomic mass is 9.90. The zero-order chi connectivity index (χ0) is 22.8. The Morgan fingerprint density at radius 1 is 0.968 bits per heavy atom. The van der Waals surface area contributed by atoms with Crippen LogP contribution in [0, 0.1) is 5.92 Å². The van der Waals surface area contributed by atoms with E-state index in [2.05, 4.69) is 36.8 Å². The largest absolute Gasteiger partial charge is 0.263 e. The van der Waals surface area contributed by atoms with Crippen molar-refractivity contribution in [3.05, 3.63) is 71.3 Å². The van der Waals surface area contributed by atoms with Crippen molar-refractivity contribution in [1.29, 1.82) is 0 Å². The summed E-state index contributed by atoms with van der Waals surface area (Å²) < 4.78 is 24.6. The maximum absolute atomic E-state index is 12.3. The highest BCUT2D eigenvalue weighted by Crippen LogP contribution is 2.32. The number of hydrogen-bond donors (Lipinski definition) is 0. The van der Waals surface area contributed by atoms with E-state index in [0.29, 0.717) is 10.6 Å². The maximum atomic E-state index is 12.3. The van der Waals surface area contributed by atoms with E-state index < -0.39 is 9.84 Å². The molecule has 0 aliphatic rings. The molecule has 0 saturated carbocycles. The molecule has 0 aliphatic carbocycles. The fourth-order valence-electron chi connectivity index (χ4n) is 3.47. The number of nitrogens with zero attached hydrogens (tertiary/aromatic N) is 2. The van der Waals surface area contributed by atoms with E-state index in [-0.39, 0.29) is 22.8 Å². The zero-order valence-electron chi connectivity index (χ0n) is 18.7. The van der Waals surface area contributed by atoms with Crippen LogP contribution in [0.4, 0.5) is 0 Å². The molecule has 164 valence electrons. The summed E-state index contributed by atoms with van der Waals surface area (Å²) in [6, 6.07) is 11.6. The molecule has 0 unspecified atom stereocenters. The van der Waals surface area contributed by atoms with Crippen LogP contribution in [-0.2, 0) is 21.0 Å². The Kier molecular flexibility index (Phi) is 6.87. The van der Waals surface area contributed by atoms with Crippen LogP contribution in [0.15, 0.2) is 55.0 Å². The van der Waals surface area contributed by atoms with Crippen molar-refractivity contribution < 1.29 is 8.42 Å². The predicted octanol–water partition coefficient (Wildman–Crippen LogP) is 6.33. The highest BCUT2D eigenvalue weighted by atomic mass is 35.5. The lowest BCUT2D eigenvalue weighted by Crippen LogP contribution is -2.13. The van der Waals surface area contributed by atoms with Crippen molar-refractivity contribution in [3.63, 3.8) is 0 Å². The lowest BCUT2D eigenvalue weighted by Gasteiger charge is -2.18. The topological polar surface area (TPSA) is 59.9 Å². The molecule has 4 nitrogen and oxygen atoms in total. The van der Waals surface area contributed by atoms with Crippen LogP contribution in [-0.4, -0.2) is 24.1 Å². The SMILES string of the molecule is CC(C)CS(=O)(=O)Cc1ccc(-c2cncc(-c3ccnc(C(C)(C)C)c3)c2)c(Cl)c1. The number of sulfone groups is 1. The molecule has 0 N–H and O–H groups in total. The van der Waals surface area contributed by atoms with Crippen molar-refractivity contribution in [1.82, 2.24) is 9.97 Å². The molecule has 0 saturated heterocycles. The molecule has 0 radical (unpaired) electrons. The monoisotopic (exact) mass is 456 g/mol. The molecule has 0 bridgehead atoms. The third-order valence-electron chi connectivity index (χ3n) is 4.92. The number of halogens is 1. The van der Waals surface area contributed by atoms with Gasteiger partial charge in [-0.2, -0.15) is 0 Å². The second-order valence-corrected chi connectivity index (χ2v) is 11.9. The Labute approximate surface area is 190 Å². The van der Waals surface area contributed by atoms with Crippen molar-refractivity contribution in [2.24, 2.45) is 5.92 Å². The average molecular weight is 457 g/mol. The van der Waals surface area contributed by atoms with E-state index in [1.54, 1.807) is 12.3 Å². The number of benzene rings is 1. The zero-order valence-corrected chi connectivity index (χ0v) is 20.3. The number of aromatic nitrogens is 2. The maximum Gasteiger partial charge on any atom is 0.154 e. The van der Waals surface area contributed by atoms with Gasteiger partial charge in [0.15, 0.2) is 9.84 Å². The molecule has 3 rings (SSSR count). The van der Waals surface area contributed by atoms with Gasteiger partial charge in [-0.15, -0.1) is 0 Å². The minimum atomic E-state index is -3.16. The Balaban J connectivity index is 1.91. The Morgan fingerprint density at radius 2 is 1.68 bits per heavy atom. The molecule has 3 aromatic rings. The van der Waals surface area contributed by atoms with Gasteiger partial charge in [-0.1, -0.05) is 58.4 Å². The van der Waals surface area contributed by atoms with Crippen LogP contribution in [0.5, 0.6) is 0 Å². The summed E-state index contributed by atoms with van der Waals surface area (Å²) in [5.74, 6) is 0.261. The first-order chi connectivity index (χ1) is 14.4. The molecule has 0 spiro atoms. The van der Waals surface area contributed by atoms with E-state index in [0.717, 1.165) is 27.9 Å². The van der Waals surface area contributed by atoms with Crippen LogP contribution in [0.25, 0.3) is 22.3 Å². The second-order valence-electron chi connectivity index (χ2n) is 9.40. The van der Waals surface area contributed by atoms with Gasteiger partial charge in [0.25, 0.3) is 0 Å². The molecule has 0 amide bonds. The molecule has 0 aliphatic heterocycles. The van der Waals surface area contributed by atoms with Crippen LogP contribution < -0.4 is 0 Å². The molecule has 0 fully saturated rings. The summed E-state index contributed by atoms with van der Waals surface area (Å²) >= 11 is 6.55. The highest BCUT2D eigenvalue weighted by molar-refractivity contribution is 7.90. The van der Waals surface area contributed by atoms with E-state index in [9.17, 15) is 8.42 Å².